The maximum atomic E-state index is 12.1. The van der Waals surface area contributed by atoms with E-state index in [4.69, 9.17) is 4.52 Å². The van der Waals surface area contributed by atoms with Crippen LogP contribution in [0.5, 0.6) is 0 Å². The SMILES string of the molecule is Cc1cc(NC(=O)c2cnc(N(C)c3ccccc3)cn2)no1. The lowest BCUT2D eigenvalue weighted by molar-refractivity contribution is 0.102. The lowest BCUT2D eigenvalue weighted by Gasteiger charge is -2.17. The second-order valence-corrected chi connectivity index (χ2v) is 4.93. The van der Waals surface area contributed by atoms with Crippen molar-refractivity contribution in [1.82, 2.24) is 15.1 Å². The minimum absolute atomic E-state index is 0.205. The number of para-hydroxylation sites is 1. The molecule has 1 aromatic carbocycles. The molecule has 0 saturated heterocycles. The summed E-state index contributed by atoms with van der Waals surface area (Å²) in [7, 11) is 1.89. The summed E-state index contributed by atoms with van der Waals surface area (Å²) in [6.45, 7) is 1.75. The molecule has 0 fully saturated rings. The van der Waals surface area contributed by atoms with Crippen molar-refractivity contribution in [2.45, 2.75) is 6.92 Å². The van der Waals surface area contributed by atoms with E-state index in [2.05, 4.69) is 20.4 Å². The highest BCUT2D eigenvalue weighted by Crippen LogP contribution is 2.20. The number of aryl methyl sites for hydroxylation is 1. The maximum absolute atomic E-state index is 12.1. The number of rotatable bonds is 4. The number of carbonyl (C=O) groups excluding carboxylic acids is 1. The lowest BCUT2D eigenvalue weighted by Crippen LogP contribution is -2.16. The number of anilines is 3. The molecule has 2 heterocycles. The fraction of sp³-hybridized carbons (Fsp3) is 0.125. The van der Waals surface area contributed by atoms with E-state index in [0.717, 1.165) is 5.69 Å². The predicted octanol–water partition coefficient (Wildman–Crippen LogP) is 2.79. The zero-order valence-electron chi connectivity index (χ0n) is 12.7. The van der Waals surface area contributed by atoms with Crippen LogP contribution < -0.4 is 10.2 Å². The first kappa shape index (κ1) is 14.7. The average molecular weight is 309 g/mol. The Morgan fingerprint density at radius 2 is 1.96 bits per heavy atom. The molecule has 23 heavy (non-hydrogen) atoms. The summed E-state index contributed by atoms with van der Waals surface area (Å²) in [6, 6.07) is 11.4. The number of nitrogens with zero attached hydrogens (tertiary/aromatic N) is 4. The van der Waals surface area contributed by atoms with Gasteiger partial charge in [0, 0.05) is 18.8 Å². The molecule has 3 aromatic rings. The molecule has 0 aliphatic heterocycles. The van der Waals surface area contributed by atoms with Crippen molar-refractivity contribution < 1.29 is 9.32 Å². The van der Waals surface area contributed by atoms with Crippen molar-refractivity contribution in [3.05, 3.63) is 60.2 Å². The van der Waals surface area contributed by atoms with Crippen LogP contribution in [0.1, 0.15) is 16.2 Å². The first-order chi connectivity index (χ1) is 11.1. The van der Waals surface area contributed by atoms with Gasteiger partial charge in [-0.3, -0.25) is 4.79 Å². The van der Waals surface area contributed by atoms with E-state index in [1.54, 1.807) is 19.2 Å². The van der Waals surface area contributed by atoms with Gasteiger partial charge in [0.25, 0.3) is 5.91 Å². The van der Waals surface area contributed by atoms with E-state index in [9.17, 15) is 4.79 Å². The molecule has 7 nitrogen and oxygen atoms in total. The molecule has 0 unspecified atom stereocenters. The van der Waals surface area contributed by atoms with Crippen LogP contribution in [0, 0.1) is 6.92 Å². The molecule has 0 spiro atoms. The molecule has 0 atom stereocenters. The Morgan fingerprint density at radius 3 is 2.57 bits per heavy atom. The van der Waals surface area contributed by atoms with Gasteiger partial charge in [-0.25, -0.2) is 9.97 Å². The van der Waals surface area contributed by atoms with Crippen molar-refractivity contribution in [1.29, 1.82) is 0 Å². The fourth-order valence-corrected chi connectivity index (χ4v) is 2.00. The van der Waals surface area contributed by atoms with Crippen LogP contribution in [-0.4, -0.2) is 28.1 Å². The monoisotopic (exact) mass is 309 g/mol. The highest BCUT2D eigenvalue weighted by Gasteiger charge is 2.12. The van der Waals surface area contributed by atoms with E-state index in [1.807, 2.05) is 42.3 Å². The van der Waals surface area contributed by atoms with Crippen LogP contribution in [-0.2, 0) is 0 Å². The summed E-state index contributed by atoms with van der Waals surface area (Å²) >= 11 is 0. The van der Waals surface area contributed by atoms with Gasteiger partial charge in [-0.15, -0.1) is 0 Å². The van der Waals surface area contributed by atoms with Crippen LogP contribution in [0.15, 0.2) is 53.3 Å². The Labute approximate surface area is 133 Å². The number of nitrogens with one attached hydrogen (secondary N) is 1. The second kappa shape index (κ2) is 6.27. The van der Waals surface area contributed by atoms with Crippen molar-refractivity contribution in [2.24, 2.45) is 0 Å². The maximum Gasteiger partial charge on any atom is 0.277 e. The third-order valence-corrected chi connectivity index (χ3v) is 3.23. The molecule has 0 bridgehead atoms. The van der Waals surface area contributed by atoms with Crippen molar-refractivity contribution in [3.63, 3.8) is 0 Å². The van der Waals surface area contributed by atoms with E-state index in [-0.39, 0.29) is 11.6 Å². The van der Waals surface area contributed by atoms with Crippen LogP contribution in [0.25, 0.3) is 0 Å². The molecular weight excluding hydrogens is 294 g/mol. The fourth-order valence-electron chi connectivity index (χ4n) is 2.00. The van der Waals surface area contributed by atoms with Gasteiger partial charge >= 0.3 is 0 Å². The molecule has 0 aliphatic rings. The van der Waals surface area contributed by atoms with Crippen LogP contribution in [0.4, 0.5) is 17.3 Å². The minimum atomic E-state index is -0.389. The zero-order chi connectivity index (χ0) is 16.2. The van der Waals surface area contributed by atoms with E-state index in [0.29, 0.717) is 17.4 Å². The Kier molecular flexibility index (Phi) is 4.01. The Hall–Kier alpha value is -3.22. The van der Waals surface area contributed by atoms with Crippen molar-refractivity contribution >= 4 is 23.2 Å². The lowest BCUT2D eigenvalue weighted by atomic mass is 10.3. The standard InChI is InChI=1S/C16H15N5O2/c1-11-8-14(20-23-11)19-16(22)13-9-18-15(10-17-13)21(2)12-6-4-3-5-7-12/h3-10H,1-2H3,(H,19,20,22). The van der Waals surface area contributed by atoms with Crippen molar-refractivity contribution in [2.75, 3.05) is 17.3 Å². The highest BCUT2D eigenvalue weighted by atomic mass is 16.5. The van der Waals surface area contributed by atoms with Gasteiger partial charge in [-0.05, 0) is 19.1 Å². The van der Waals surface area contributed by atoms with Crippen LogP contribution in [0.3, 0.4) is 0 Å². The molecule has 0 radical (unpaired) electrons. The molecule has 0 saturated carbocycles. The molecule has 1 N–H and O–H groups in total. The number of amides is 1. The van der Waals surface area contributed by atoms with Crippen molar-refractivity contribution in [3.8, 4) is 0 Å². The average Bonchev–Trinajstić information content (AvgIpc) is 3.00. The number of hydrogen-bond donors (Lipinski definition) is 1. The number of hydrogen-bond acceptors (Lipinski definition) is 6. The Morgan fingerprint density at radius 1 is 1.17 bits per heavy atom. The van der Waals surface area contributed by atoms with Gasteiger partial charge in [0.2, 0.25) is 0 Å². The highest BCUT2D eigenvalue weighted by molar-refractivity contribution is 6.02. The second-order valence-electron chi connectivity index (χ2n) is 4.93. The summed E-state index contributed by atoms with van der Waals surface area (Å²) in [5.41, 5.74) is 1.19. The van der Waals surface area contributed by atoms with E-state index < -0.39 is 0 Å². The molecule has 0 aliphatic carbocycles. The number of benzene rings is 1. The first-order valence-corrected chi connectivity index (χ1v) is 6.99. The van der Waals surface area contributed by atoms with Gasteiger partial charge in [-0.2, -0.15) is 0 Å². The molecule has 116 valence electrons. The van der Waals surface area contributed by atoms with E-state index >= 15 is 0 Å². The summed E-state index contributed by atoms with van der Waals surface area (Å²) in [4.78, 5) is 22.4. The third kappa shape index (κ3) is 3.34. The predicted molar refractivity (Wildman–Crippen MR) is 85.7 cm³/mol. The van der Waals surface area contributed by atoms with Gasteiger partial charge in [0.15, 0.2) is 11.6 Å². The zero-order valence-corrected chi connectivity index (χ0v) is 12.7. The van der Waals surface area contributed by atoms with E-state index in [1.165, 1.54) is 6.20 Å². The molecule has 3 rings (SSSR count). The van der Waals surface area contributed by atoms with Crippen LogP contribution >= 0.6 is 0 Å². The first-order valence-electron chi connectivity index (χ1n) is 6.99. The summed E-state index contributed by atoms with van der Waals surface area (Å²) in [5, 5.41) is 6.30. The quantitative estimate of drug-likeness (QED) is 0.797. The number of carbonyl (C=O) groups is 1. The van der Waals surface area contributed by atoms with Gasteiger partial charge in [-0.1, -0.05) is 23.4 Å². The van der Waals surface area contributed by atoms with Crippen LogP contribution in [0.2, 0.25) is 0 Å². The van der Waals surface area contributed by atoms with Gasteiger partial charge in [0.1, 0.15) is 11.5 Å². The topological polar surface area (TPSA) is 84.2 Å². The molecule has 2 aromatic heterocycles. The smallest absolute Gasteiger partial charge is 0.277 e. The Bertz CT molecular complexity index is 799. The van der Waals surface area contributed by atoms with Gasteiger partial charge < -0.3 is 14.7 Å². The summed E-state index contributed by atoms with van der Waals surface area (Å²) in [5.74, 6) is 1.22. The minimum Gasteiger partial charge on any atom is -0.360 e. The summed E-state index contributed by atoms with van der Waals surface area (Å²) in [6.07, 6.45) is 2.98. The normalized spacial score (nSPS) is 10.3. The molecular formula is C16H15N5O2. The molecule has 7 heteroatoms. The van der Waals surface area contributed by atoms with Gasteiger partial charge in [0.05, 0.1) is 12.4 Å². The summed E-state index contributed by atoms with van der Waals surface area (Å²) < 4.78 is 4.89. The third-order valence-electron chi connectivity index (χ3n) is 3.23. The largest absolute Gasteiger partial charge is 0.360 e. The Balaban J connectivity index is 1.73. The number of aromatic nitrogens is 3. The molecule has 1 amide bonds.